The number of thiophene rings is 1. The largest absolute Gasteiger partial charge is 0.397 e. The third-order valence-electron chi connectivity index (χ3n) is 2.32. The minimum atomic E-state index is -4.32. The molecule has 0 unspecified atom stereocenters. The molecule has 6 N–H and O–H groups in total. The van der Waals surface area contributed by atoms with Gasteiger partial charge in [0, 0.05) is 13.6 Å². The number of rotatable bonds is 5. The number of alkyl halides is 3. The Morgan fingerprint density at radius 2 is 1.95 bits per heavy atom. The van der Waals surface area contributed by atoms with Crippen LogP contribution in [-0.2, 0) is 0 Å². The summed E-state index contributed by atoms with van der Waals surface area (Å²) in [6, 6.07) is 0. The highest BCUT2D eigenvalue weighted by Gasteiger charge is 2.28. The third kappa shape index (κ3) is 3.76. The van der Waals surface area contributed by atoms with Gasteiger partial charge in [0.15, 0.2) is 0 Å². The van der Waals surface area contributed by atoms with Crippen LogP contribution in [0.5, 0.6) is 0 Å². The maximum atomic E-state index is 12.1. The van der Waals surface area contributed by atoms with Crippen molar-refractivity contribution in [1.29, 1.82) is 0 Å². The Hall–Kier alpha value is -1.97. The van der Waals surface area contributed by atoms with Gasteiger partial charge in [-0.15, -0.1) is 11.3 Å². The number of carbonyl (C=O) groups is 2. The summed E-state index contributed by atoms with van der Waals surface area (Å²) in [6.45, 7) is -0.439. The highest BCUT2D eigenvalue weighted by atomic mass is 32.1. The second-order valence-corrected chi connectivity index (χ2v) is 4.80. The summed E-state index contributed by atoms with van der Waals surface area (Å²) in [5.74, 6) is -1.46. The lowest BCUT2D eigenvalue weighted by atomic mass is 10.2. The number of amides is 2. The first-order valence-electron chi connectivity index (χ1n) is 5.42. The molecule has 0 radical (unpaired) electrons. The molecule has 1 aromatic heterocycles. The van der Waals surface area contributed by atoms with Crippen LogP contribution in [-0.4, -0.2) is 31.6 Å². The zero-order valence-corrected chi connectivity index (χ0v) is 11.2. The van der Waals surface area contributed by atoms with Crippen molar-refractivity contribution in [2.24, 2.45) is 5.73 Å². The fraction of sp³-hybridized carbons (Fsp3) is 0.400. The Balaban J connectivity index is 3.02. The number of nitrogens with one attached hydrogen (secondary N) is 2. The number of carbonyl (C=O) groups excluding carboxylic acids is 2. The molecule has 0 fully saturated rings. The highest BCUT2D eigenvalue weighted by molar-refractivity contribution is 7.19. The van der Waals surface area contributed by atoms with Gasteiger partial charge < -0.3 is 22.1 Å². The summed E-state index contributed by atoms with van der Waals surface area (Å²) in [7, 11) is 1.34. The van der Waals surface area contributed by atoms with Crippen LogP contribution in [0.3, 0.4) is 0 Å². The maximum Gasteiger partial charge on any atom is 0.390 e. The second-order valence-electron chi connectivity index (χ2n) is 3.78. The quantitative estimate of drug-likeness (QED) is 0.654. The van der Waals surface area contributed by atoms with E-state index in [1.807, 2.05) is 0 Å². The Morgan fingerprint density at radius 3 is 2.40 bits per heavy atom. The minimum Gasteiger partial charge on any atom is -0.397 e. The van der Waals surface area contributed by atoms with E-state index in [9.17, 15) is 22.8 Å². The van der Waals surface area contributed by atoms with Crippen LogP contribution < -0.4 is 22.1 Å². The molecule has 6 nitrogen and oxygen atoms in total. The average Bonchev–Trinajstić information content (AvgIpc) is 2.64. The predicted molar refractivity (Wildman–Crippen MR) is 69.8 cm³/mol. The Morgan fingerprint density at radius 1 is 1.35 bits per heavy atom. The van der Waals surface area contributed by atoms with E-state index in [1.54, 1.807) is 0 Å². The summed E-state index contributed by atoms with van der Waals surface area (Å²) in [5.41, 5.74) is 10.5. The molecule has 2 amide bonds. The van der Waals surface area contributed by atoms with Gasteiger partial charge in [-0.2, -0.15) is 13.2 Å². The third-order valence-corrected chi connectivity index (χ3v) is 3.49. The zero-order chi connectivity index (χ0) is 15.5. The predicted octanol–water partition coefficient (Wildman–Crippen LogP) is 1.15. The van der Waals surface area contributed by atoms with Crippen LogP contribution in [0.25, 0.3) is 0 Å². The van der Waals surface area contributed by atoms with Crippen LogP contribution >= 0.6 is 11.3 Å². The number of hydrogen-bond donors (Lipinski definition) is 4. The average molecular weight is 310 g/mol. The van der Waals surface area contributed by atoms with Crippen LogP contribution in [0, 0.1) is 0 Å². The van der Waals surface area contributed by atoms with Crippen molar-refractivity contribution in [3.05, 3.63) is 10.4 Å². The summed E-state index contributed by atoms with van der Waals surface area (Å²) in [4.78, 5) is 22.7. The fourth-order valence-electron chi connectivity index (χ4n) is 1.42. The minimum absolute atomic E-state index is 0.0712. The van der Waals surface area contributed by atoms with Gasteiger partial charge in [0.25, 0.3) is 11.8 Å². The van der Waals surface area contributed by atoms with Crippen molar-refractivity contribution in [2.45, 2.75) is 12.6 Å². The maximum absolute atomic E-state index is 12.1. The number of primary amides is 1. The SMILES string of the molecule is CNC(=O)c1c(NCCC(F)(F)F)sc(C(N)=O)c1N. The molecule has 0 aromatic carbocycles. The number of nitrogens with two attached hydrogens (primary N) is 2. The number of anilines is 2. The molecule has 0 aliphatic carbocycles. The summed E-state index contributed by atoms with van der Waals surface area (Å²) in [6.07, 6.45) is -5.40. The number of halogens is 3. The van der Waals surface area contributed by atoms with Crippen molar-refractivity contribution < 1.29 is 22.8 Å². The first-order chi connectivity index (χ1) is 9.17. The first-order valence-corrected chi connectivity index (χ1v) is 6.23. The molecule has 20 heavy (non-hydrogen) atoms. The lowest BCUT2D eigenvalue weighted by Crippen LogP contribution is -2.21. The van der Waals surface area contributed by atoms with E-state index in [4.69, 9.17) is 11.5 Å². The highest BCUT2D eigenvalue weighted by Crippen LogP contribution is 2.35. The van der Waals surface area contributed by atoms with Crippen LogP contribution in [0.4, 0.5) is 23.9 Å². The van der Waals surface area contributed by atoms with E-state index in [-0.39, 0.29) is 21.1 Å². The molecule has 10 heteroatoms. The second kappa shape index (κ2) is 5.99. The molecule has 1 heterocycles. The van der Waals surface area contributed by atoms with Gasteiger partial charge in [0.05, 0.1) is 17.7 Å². The van der Waals surface area contributed by atoms with E-state index in [0.717, 1.165) is 11.3 Å². The van der Waals surface area contributed by atoms with Crippen molar-refractivity contribution in [3.8, 4) is 0 Å². The van der Waals surface area contributed by atoms with Crippen molar-refractivity contribution in [2.75, 3.05) is 24.6 Å². The molecule has 0 aliphatic rings. The van der Waals surface area contributed by atoms with Crippen LogP contribution in [0.15, 0.2) is 0 Å². The Labute approximate surface area is 116 Å². The molecule has 0 saturated carbocycles. The van der Waals surface area contributed by atoms with Crippen LogP contribution in [0.2, 0.25) is 0 Å². The van der Waals surface area contributed by atoms with Crippen LogP contribution in [0.1, 0.15) is 26.5 Å². The molecule has 0 aliphatic heterocycles. The molecule has 1 aromatic rings. The van der Waals surface area contributed by atoms with Crippen molar-refractivity contribution in [3.63, 3.8) is 0 Å². The van der Waals surface area contributed by atoms with E-state index in [1.165, 1.54) is 7.05 Å². The summed E-state index contributed by atoms with van der Waals surface area (Å²) in [5, 5.41) is 4.83. The molecule has 0 saturated heterocycles. The summed E-state index contributed by atoms with van der Waals surface area (Å²) >= 11 is 0.750. The standard InChI is InChI=1S/C10H13F3N4O2S/c1-16-8(19)4-5(14)6(7(15)18)20-9(4)17-3-2-10(11,12)13/h17H,2-3,14H2,1H3,(H2,15,18)(H,16,19). The Kier molecular flexibility index (Phi) is 4.82. The lowest BCUT2D eigenvalue weighted by molar-refractivity contribution is -0.131. The van der Waals surface area contributed by atoms with Gasteiger partial charge in [-0.25, -0.2) is 0 Å². The molecule has 0 atom stereocenters. The zero-order valence-electron chi connectivity index (χ0n) is 10.4. The van der Waals surface area contributed by atoms with E-state index >= 15 is 0 Å². The van der Waals surface area contributed by atoms with E-state index < -0.39 is 31.0 Å². The van der Waals surface area contributed by atoms with Gasteiger partial charge in [0.1, 0.15) is 9.88 Å². The van der Waals surface area contributed by atoms with Gasteiger partial charge >= 0.3 is 6.18 Å². The van der Waals surface area contributed by atoms with E-state index in [0.29, 0.717) is 0 Å². The van der Waals surface area contributed by atoms with Gasteiger partial charge in [0.2, 0.25) is 0 Å². The topological polar surface area (TPSA) is 110 Å². The number of nitrogen functional groups attached to an aromatic ring is 1. The molecular formula is C10H13F3N4O2S. The molecular weight excluding hydrogens is 297 g/mol. The van der Waals surface area contributed by atoms with Crippen molar-refractivity contribution >= 4 is 33.8 Å². The molecule has 112 valence electrons. The fourth-order valence-corrected chi connectivity index (χ4v) is 2.42. The molecule has 1 rings (SSSR count). The number of hydrogen-bond acceptors (Lipinski definition) is 5. The van der Waals surface area contributed by atoms with Crippen molar-refractivity contribution in [1.82, 2.24) is 5.32 Å². The molecule has 0 spiro atoms. The van der Waals surface area contributed by atoms with Gasteiger partial charge in [-0.05, 0) is 0 Å². The molecule has 0 bridgehead atoms. The normalized spacial score (nSPS) is 11.2. The first kappa shape index (κ1) is 16.1. The lowest BCUT2D eigenvalue weighted by Gasteiger charge is -2.09. The Bertz CT molecular complexity index is 527. The summed E-state index contributed by atoms with van der Waals surface area (Å²) < 4.78 is 36.2. The smallest absolute Gasteiger partial charge is 0.390 e. The van der Waals surface area contributed by atoms with Gasteiger partial charge in [-0.1, -0.05) is 0 Å². The van der Waals surface area contributed by atoms with Gasteiger partial charge in [-0.3, -0.25) is 9.59 Å². The monoisotopic (exact) mass is 310 g/mol. The van der Waals surface area contributed by atoms with E-state index in [2.05, 4.69) is 10.6 Å².